The predicted molar refractivity (Wildman–Crippen MR) is 84.8 cm³/mol. The molecule has 0 bridgehead atoms. The van der Waals surface area contributed by atoms with E-state index in [1.807, 2.05) is 12.1 Å². The normalized spacial score (nSPS) is 12.6. The van der Waals surface area contributed by atoms with Gasteiger partial charge in [-0.25, -0.2) is 8.78 Å². The lowest BCUT2D eigenvalue weighted by Gasteiger charge is -2.18. The summed E-state index contributed by atoms with van der Waals surface area (Å²) in [7, 11) is 0. The molecule has 0 spiro atoms. The lowest BCUT2D eigenvalue weighted by molar-refractivity contribution is 0.102. The van der Waals surface area contributed by atoms with Crippen molar-refractivity contribution in [1.82, 2.24) is 0 Å². The molecule has 0 aromatic heterocycles. The summed E-state index contributed by atoms with van der Waals surface area (Å²) in [6.45, 7) is 0.938. The van der Waals surface area contributed by atoms with Crippen LogP contribution in [-0.2, 0) is 6.42 Å². The van der Waals surface area contributed by atoms with Crippen LogP contribution in [0.2, 0.25) is 0 Å². The number of hydrogen-bond acceptors (Lipinski definition) is 2. The molecule has 3 rings (SSSR count). The van der Waals surface area contributed by atoms with E-state index in [9.17, 15) is 13.6 Å². The van der Waals surface area contributed by atoms with Gasteiger partial charge in [-0.15, -0.1) is 12.4 Å². The van der Waals surface area contributed by atoms with Crippen LogP contribution in [0, 0.1) is 11.6 Å². The quantitative estimate of drug-likeness (QED) is 0.876. The molecule has 0 aliphatic carbocycles. The number of aryl methyl sites for hydroxylation is 1. The van der Waals surface area contributed by atoms with Crippen LogP contribution in [-0.4, -0.2) is 12.5 Å². The topological polar surface area (TPSA) is 41.1 Å². The maximum atomic E-state index is 13.6. The Morgan fingerprint density at radius 3 is 2.82 bits per heavy atom. The summed E-state index contributed by atoms with van der Waals surface area (Å²) in [6, 6.07) is 9.03. The molecule has 2 aromatic rings. The van der Waals surface area contributed by atoms with Gasteiger partial charge in [-0.05, 0) is 48.7 Å². The van der Waals surface area contributed by atoms with Crippen molar-refractivity contribution in [3.63, 3.8) is 0 Å². The molecule has 0 fully saturated rings. The number of halogens is 3. The number of anilines is 2. The molecule has 0 saturated carbocycles. The molecule has 6 heteroatoms. The van der Waals surface area contributed by atoms with E-state index in [2.05, 4.69) is 10.6 Å². The highest BCUT2D eigenvalue weighted by atomic mass is 35.5. The number of amides is 1. The van der Waals surface area contributed by atoms with Gasteiger partial charge in [0.25, 0.3) is 5.91 Å². The Labute approximate surface area is 133 Å². The van der Waals surface area contributed by atoms with Gasteiger partial charge in [0.1, 0.15) is 0 Å². The van der Waals surface area contributed by atoms with Gasteiger partial charge in [-0.1, -0.05) is 6.07 Å². The number of nitrogens with one attached hydrogen (secondary N) is 2. The molecule has 2 N–H and O–H groups in total. The molecule has 1 aliphatic heterocycles. The van der Waals surface area contributed by atoms with Gasteiger partial charge in [0.2, 0.25) is 0 Å². The van der Waals surface area contributed by atoms with Crippen LogP contribution in [0.1, 0.15) is 22.3 Å². The van der Waals surface area contributed by atoms with Crippen molar-refractivity contribution in [3.05, 3.63) is 59.2 Å². The highest BCUT2D eigenvalue weighted by molar-refractivity contribution is 6.04. The Hall–Kier alpha value is -2.14. The van der Waals surface area contributed by atoms with Gasteiger partial charge in [0.05, 0.1) is 5.56 Å². The Bertz CT molecular complexity index is 707. The maximum absolute atomic E-state index is 13.6. The van der Waals surface area contributed by atoms with Gasteiger partial charge in [-0.2, -0.15) is 0 Å². The first-order valence-corrected chi connectivity index (χ1v) is 6.77. The van der Waals surface area contributed by atoms with Crippen molar-refractivity contribution in [2.75, 3.05) is 17.2 Å². The fourth-order valence-electron chi connectivity index (χ4n) is 2.43. The maximum Gasteiger partial charge on any atom is 0.258 e. The van der Waals surface area contributed by atoms with E-state index < -0.39 is 17.5 Å². The molecule has 22 heavy (non-hydrogen) atoms. The van der Waals surface area contributed by atoms with Gasteiger partial charge < -0.3 is 10.6 Å². The minimum atomic E-state index is -1.13. The van der Waals surface area contributed by atoms with Crippen molar-refractivity contribution in [3.8, 4) is 0 Å². The van der Waals surface area contributed by atoms with Crippen LogP contribution < -0.4 is 10.6 Å². The number of carbonyl (C=O) groups excluding carboxylic acids is 1. The van der Waals surface area contributed by atoms with Gasteiger partial charge in [0, 0.05) is 17.9 Å². The van der Waals surface area contributed by atoms with Crippen LogP contribution in [0.5, 0.6) is 0 Å². The van der Waals surface area contributed by atoms with E-state index in [0.29, 0.717) is 5.69 Å². The lowest BCUT2D eigenvalue weighted by Crippen LogP contribution is -2.16. The van der Waals surface area contributed by atoms with E-state index in [1.165, 1.54) is 12.1 Å². The Morgan fingerprint density at radius 2 is 2.00 bits per heavy atom. The number of fused-ring (bicyclic) bond motifs is 1. The zero-order valence-electron chi connectivity index (χ0n) is 11.7. The van der Waals surface area contributed by atoms with E-state index in [-0.39, 0.29) is 18.0 Å². The molecular weight excluding hydrogens is 310 g/mol. The summed E-state index contributed by atoms with van der Waals surface area (Å²) in [6.07, 6.45) is 1.96. The Morgan fingerprint density at radius 1 is 1.18 bits per heavy atom. The van der Waals surface area contributed by atoms with Crippen LogP contribution in [0.25, 0.3) is 0 Å². The second kappa shape index (κ2) is 6.75. The van der Waals surface area contributed by atoms with Crippen LogP contribution in [0.15, 0.2) is 36.4 Å². The van der Waals surface area contributed by atoms with Crippen molar-refractivity contribution < 1.29 is 13.6 Å². The van der Waals surface area contributed by atoms with Crippen molar-refractivity contribution in [2.45, 2.75) is 12.8 Å². The predicted octanol–water partition coefficient (Wildman–Crippen LogP) is 4.00. The first kappa shape index (κ1) is 16.2. The summed E-state index contributed by atoms with van der Waals surface area (Å²) in [5, 5.41) is 5.87. The van der Waals surface area contributed by atoms with Crippen LogP contribution in [0.3, 0.4) is 0 Å². The largest absolute Gasteiger partial charge is 0.385 e. The molecule has 116 valence electrons. The van der Waals surface area contributed by atoms with Crippen molar-refractivity contribution in [2.24, 2.45) is 0 Å². The molecule has 1 aliphatic rings. The smallest absolute Gasteiger partial charge is 0.258 e. The molecule has 2 aromatic carbocycles. The number of benzene rings is 2. The second-order valence-electron chi connectivity index (χ2n) is 4.96. The average Bonchev–Trinajstić information content (AvgIpc) is 2.50. The van der Waals surface area contributed by atoms with E-state index in [4.69, 9.17) is 0 Å². The second-order valence-corrected chi connectivity index (χ2v) is 4.96. The minimum Gasteiger partial charge on any atom is -0.385 e. The lowest BCUT2D eigenvalue weighted by atomic mass is 10.0. The molecule has 0 radical (unpaired) electrons. The summed E-state index contributed by atoms with van der Waals surface area (Å²) in [5.41, 5.74) is 2.44. The van der Waals surface area contributed by atoms with E-state index >= 15 is 0 Å². The zero-order chi connectivity index (χ0) is 14.8. The zero-order valence-corrected chi connectivity index (χ0v) is 12.5. The summed E-state index contributed by atoms with van der Waals surface area (Å²) < 4.78 is 26.7. The number of rotatable bonds is 2. The van der Waals surface area contributed by atoms with E-state index in [0.717, 1.165) is 36.7 Å². The van der Waals surface area contributed by atoms with Crippen LogP contribution in [0.4, 0.5) is 20.2 Å². The third-order valence-electron chi connectivity index (χ3n) is 3.50. The van der Waals surface area contributed by atoms with Crippen molar-refractivity contribution >= 4 is 29.7 Å². The summed E-state index contributed by atoms with van der Waals surface area (Å²) in [5.74, 6) is -2.82. The minimum absolute atomic E-state index is 0. The van der Waals surface area contributed by atoms with E-state index in [1.54, 1.807) is 6.07 Å². The third kappa shape index (κ3) is 3.20. The first-order valence-electron chi connectivity index (χ1n) is 6.77. The summed E-state index contributed by atoms with van der Waals surface area (Å²) >= 11 is 0. The number of hydrogen-bond donors (Lipinski definition) is 2. The fraction of sp³-hybridized carbons (Fsp3) is 0.188. The Kier molecular flexibility index (Phi) is 4.98. The average molecular weight is 325 g/mol. The molecule has 0 atom stereocenters. The molecule has 0 saturated heterocycles. The highest BCUT2D eigenvalue weighted by Gasteiger charge is 2.16. The SMILES string of the molecule is Cl.O=C(Nc1ccc2c(c1)CCCN2)c1cccc(F)c1F. The Balaban J connectivity index is 0.00000176. The molecule has 1 heterocycles. The summed E-state index contributed by atoms with van der Waals surface area (Å²) in [4.78, 5) is 12.0. The molecule has 1 amide bonds. The monoisotopic (exact) mass is 324 g/mol. The molecule has 0 unspecified atom stereocenters. The first-order chi connectivity index (χ1) is 10.1. The van der Waals surface area contributed by atoms with Crippen molar-refractivity contribution in [1.29, 1.82) is 0 Å². The van der Waals surface area contributed by atoms with Gasteiger partial charge in [0.15, 0.2) is 11.6 Å². The van der Waals surface area contributed by atoms with Crippen LogP contribution >= 0.6 is 12.4 Å². The van der Waals surface area contributed by atoms with Gasteiger partial charge in [-0.3, -0.25) is 4.79 Å². The molecule has 3 nitrogen and oxygen atoms in total. The fourth-order valence-corrected chi connectivity index (χ4v) is 2.43. The standard InChI is InChI=1S/C16H14F2N2O.ClH/c17-13-5-1-4-12(15(13)18)16(21)20-11-6-7-14-10(9-11)3-2-8-19-14;/h1,4-7,9,19H,2-3,8H2,(H,20,21);1H. The highest BCUT2D eigenvalue weighted by Crippen LogP contribution is 2.25. The van der Waals surface area contributed by atoms with Gasteiger partial charge >= 0.3 is 0 Å². The molecular formula is C16H15ClF2N2O. The number of carbonyl (C=O) groups is 1. The third-order valence-corrected chi connectivity index (χ3v) is 3.50.